The number of amides is 2. The second-order valence-electron chi connectivity index (χ2n) is 7.53. The number of aryl methyl sites for hydroxylation is 2. The normalized spacial score (nSPS) is 21.6. The molecule has 1 aromatic carbocycles. The summed E-state index contributed by atoms with van der Waals surface area (Å²) in [4.78, 5) is 19.4. The van der Waals surface area contributed by atoms with E-state index in [1.54, 1.807) is 0 Å². The highest BCUT2D eigenvalue weighted by Crippen LogP contribution is 2.49. The number of hydrogen-bond acceptors (Lipinski definition) is 5. The molecule has 0 saturated carbocycles. The number of aromatic nitrogens is 2. The molecule has 144 valence electrons. The van der Waals surface area contributed by atoms with E-state index in [9.17, 15) is 4.79 Å². The van der Waals surface area contributed by atoms with Crippen LogP contribution in [0.1, 0.15) is 43.0 Å². The maximum atomic E-state index is 13.0. The molecule has 1 atom stereocenters. The van der Waals surface area contributed by atoms with Gasteiger partial charge in [0.25, 0.3) is 0 Å². The van der Waals surface area contributed by atoms with Crippen LogP contribution in [0, 0.1) is 12.3 Å². The van der Waals surface area contributed by atoms with E-state index >= 15 is 0 Å². The lowest BCUT2D eigenvalue weighted by molar-refractivity contribution is 0.00959. The zero-order valence-corrected chi connectivity index (χ0v) is 15.9. The van der Waals surface area contributed by atoms with Gasteiger partial charge in [0.05, 0.1) is 5.92 Å². The third kappa shape index (κ3) is 3.43. The zero-order valence-electron chi connectivity index (χ0n) is 15.9. The Hall–Kier alpha value is -2.41. The molecule has 7 nitrogen and oxygen atoms in total. The van der Waals surface area contributed by atoms with Crippen molar-refractivity contribution in [3.63, 3.8) is 0 Å². The molecular weight excluding hydrogens is 344 g/mol. The minimum Gasteiger partial charge on any atom is -0.381 e. The van der Waals surface area contributed by atoms with Gasteiger partial charge in [0, 0.05) is 37.4 Å². The molecule has 2 aliphatic rings. The number of anilines is 1. The summed E-state index contributed by atoms with van der Waals surface area (Å²) in [5, 5.41) is 7.05. The summed E-state index contributed by atoms with van der Waals surface area (Å²) in [7, 11) is 0. The molecule has 27 heavy (non-hydrogen) atoms. The smallest absolute Gasteiger partial charge is 0.321 e. The Morgan fingerprint density at radius 3 is 2.81 bits per heavy atom. The summed E-state index contributed by atoms with van der Waals surface area (Å²) < 4.78 is 11.1. The lowest BCUT2D eigenvalue weighted by Gasteiger charge is -2.36. The van der Waals surface area contributed by atoms with Gasteiger partial charge in [-0.3, -0.25) is 0 Å². The number of nitrogens with zero attached hydrogens (tertiary/aromatic N) is 3. The van der Waals surface area contributed by atoms with E-state index in [0.29, 0.717) is 38.0 Å². The molecule has 2 aromatic rings. The van der Waals surface area contributed by atoms with Crippen molar-refractivity contribution in [3.8, 4) is 0 Å². The summed E-state index contributed by atoms with van der Waals surface area (Å²) in [6.07, 6.45) is 2.67. The summed E-state index contributed by atoms with van der Waals surface area (Å²) in [6.45, 7) is 6.59. The van der Waals surface area contributed by atoms with Gasteiger partial charge in [-0.2, -0.15) is 4.98 Å². The second kappa shape index (κ2) is 7.31. The second-order valence-corrected chi connectivity index (χ2v) is 7.53. The van der Waals surface area contributed by atoms with Crippen LogP contribution in [0.2, 0.25) is 0 Å². The van der Waals surface area contributed by atoms with Crippen molar-refractivity contribution in [2.45, 2.75) is 39.0 Å². The molecule has 2 amide bonds. The molecule has 1 aromatic heterocycles. The van der Waals surface area contributed by atoms with Gasteiger partial charge in [-0.25, -0.2) is 4.79 Å². The van der Waals surface area contributed by atoms with Gasteiger partial charge in [-0.05, 0) is 37.8 Å². The number of likely N-dealkylation sites (tertiary alicyclic amines) is 1. The summed E-state index contributed by atoms with van der Waals surface area (Å²) >= 11 is 0. The first kappa shape index (κ1) is 18.0. The number of rotatable bonds is 3. The molecule has 3 heterocycles. The van der Waals surface area contributed by atoms with Crippen LogP contribution in [-0.4, -0.2) is 47.4 Å². The van der Waals surface area contributed by atoms with E-state index < -0.39 is 0 Å². The Morgan fingerprint density at radius 1 is 1.33 bits per heavy atom. The average molecular weight is 370 g/mol. The van der Waals surface area contributed by atoms with E-state index in [-0.39, 0.29) is 17.4 Å². The largest absolute Gasteiger partial charge is 0.381 e. The van der Waals surface area contributed by atoms with Crippen molar-refractivity contribution >= 4 is 11.7 Å². The Balaban J connectivity index is 1.56. The van der Waals surface area contributed by atoms with Crippen LogP contribution in [0.4, 0.5) is 10.5 Å². The lowest BCUT2D eigenvalue weighted by atomic mass is 9.72. The fourth-order valence-corrected chi connectivity index (χ4v) is 4.35. The standard InChI is InChI=1S/C20H26N4O3/c1-3-15-6-4-5-7-17(15)22-19(25)24-12-16(18-21-14(2)23-27-18)20(13-24)8-10-26-11-9-20/h4-7,16H,3,8-13H2,1-2H3,(H,22,25)/t16-/m0/s1. The molecular formula is C20H26N4O3. The Morgan fingerprint density at radius 2 is 2.11 bits per heavy atom. The Kier molecular flexibility index (Phi) is 4.86. The molecule has 1 N–H and O–H groups in total. The summed E-state index contributed by atoms with van der Waals surface area (Å²) in [5.74, 6) is 1.32. The SMILES string of the molecule is CCc1ccccc1NC(=O)N1C[C@@H](c2nc(C)no2)C2(CCOCC2)C1. The van der Waals surface area contributed by atoms with Crippen molar-refractivity contribution in [1.29, 1.82) is 0 Å². The van der Waals surface area contributed by atoms with Crippen LogP contribution in [0.3, 0.4) is 0 Å². The number of hydrogen-bond donors (Lipinski definition) is 1. The molecule has 2 aliphatic heterocycles. The first-order chi connectivity index (χ1) is 13.1. The van der Waals surface area contributed by atoms with Gasteiger partial charge in [-0.15, -0.1) is 0 Å². The summed E-state index contributed by atoms with van der Waals surface area (Å²) in [6, 6.07) is 7.87. The average Bonchev–Trinajstić information content (AvgIpc) is 3.26. The predicted octanol–water partition coefficient (Wildman–Crippen LogP) is 3.37. The van der Waals surface area contributed by atoms with Crippen LogP contribution in [0.5, 0.6) is 0 Å². The molecule has 1 spiro atoms. The van der Waals surface area contributed by atoms with E-state index in [4.69, 9.17) is 9.26 Å². The highest BCUT2D eigenvalue weighted by atomic mass is 16.5. The van der Waals surface area contributed by atoms with Gasteiger partial charge in [0.1, 0.15) is 0 Å². The van der Waals surface area contributed by atoms with Crippen LogP contribution < -0.4 is 5.32 Å². The minimum absolute atomic E-state index is 0.0507. The third-order valence-electron chi connectivity index (χ3n) is 5.90. The quantitative estimate of drug-likeness (QED) is 0.896. The molecule has 0 unspecified atom stereocenters. The van der Waals surface area contributed by atoms with E-state index in [0.717, 1.165) is 30.5 Å². The van der Waals surface area contributed by atoms with Crippen molar-refractivity contribution in [1.82, 2.24) is 15.0 Å². The van der Waals surface area contributed by atoms with Gasteiger partial charge in [0.2, 0.25) is 5.89 Å². The number of carbonyl (C=O) groups excluding carboxylic acids is 1. The number of benzene rings is 1. The first-order valence-electron chi connectivity index (χ1n) is 9.63. The van der Waals surface area contributed by atoms with Crippen molar-refractivity contribution < 1.29 is 14.1 Å². The highest BCUT2D eigenvalue weighted by Gasteiger charge is 2.51. The first-order valence-corrected chi connectivity index (χ1v) is 9.63. The van der Waals surface area contributed by atoms with E-state index in [2.05, 4.69) is 22.4 Å². The number of ether oxygens (including phenoxy) is 1. The van der Waals surface area contributed by atoms with Gasteiger partial charge < -0.3 is 19.5 Å². The molecule has 2 fully saturated rings. The number of carbonyl (C=O) groups is 1. The zero-order chi connectivity index (χ0) is 18.9. The fourth-order valence-electron chi connectivity index (χ4n) is 4.35. The van der Waals surface area contributed by atoms with Crippen molar-refractivity contribution in [2.24, 2.45) is 5.41 Å². The molecule has 0 bridgehead atoms. The topological polar surface area (TPSA) is 80.5 Å². The molecule has 0 aliphatic carbocycles. The maximum Gasteiger partial charge on any atom is 0.321 e. The maximum absolute atomic E-state index is 13.0. The molecule has 2 saturated heterocycles. The number of nitrogens with one attached hydrogen (secondary N) is 1. The van der Waals surface area contributed by atoms with Crippen LogP contribution >= 0.6 is 0 Å². The predicted molar refractivity (Wildman–Crippen MR) is 101 cm³/mol. The Bertz CT molecular complexity index is 813. The van der Waals surface area contributed by atoms with Gasteiger partial charge >= 0.3 is 6.03 Å². The van der Waals surface area contributed by atoms with Gasteiger partial charge in [-0.1, -0.05) is 30.3 Å². The highest BCUT2D eigenvalue weighted by molar-refractivity contribution is 5.90. The number of urea groups is 1. The lowest BCUT2D eigenvalue weighted by Crippen LogP contribution is -2.38. The fraction of sp³-hybridized carbons (Fsp3) is 0.550. The van der Waals surface area contributed by atoms with Crippen LogP contribution in [0.25, 0.3) is 0 Å². The Labute approximate surface area is 159 Å². The van der Waals surface area contributed by atoms with Crippen molar-refractivity contribution in [2.75, 3.05) is 31.6 Å². The van der Waals surface area contributed by atoms with Crippen LogP contribution in [0.15, 0.2) is 28.8 Å². The minimum atomic E-state index is -0.0690. The van der Waals surface area contributed by atoms with Crippen molar-refractivity contribution in [3.05, 3.63) is 41.5 Å². The summed E-state index contributed by atoms with van der Waals surface area (Å²) in [5.41, 5.74) is 1.96. The van der Waals surface area contributed by atoms with Crippen LogP contribution in [-0.2, 0) is 11.2 Å². The molecule has 4 rings (SSSR count). The van der Waals surface area contributed by atoms with E-state index in [1.807, 2.05) is 36.1 Å². The third-order valence-corrected chi connectivity index (χ3v) is 5.90. The number of para-hydroxylation sites is 1. The monoisotopic (exact) mass is 370 g/mol. The molecule has 0 radical (unpaired) electrons. The van der Waals surface area contributed by atoms with E-state index in [1.165, 1.54) is 0 Å². The van der Waals surface area contributed by atoms with Gasteiger partial charge in [0.15, 0.2) is 5.82 Å². The molecule has 7 heteroatoms.